The van der Waals surface area contributed by atoms with Crippen LogP contribution in [0.3, 0.4) is 0 Å². The summed E-state index contributed by atoms with van der Waals surface area (Å²) in [6.07, 6.45) is 3.56. The normalized spacial score (nSPS) is 10.8. The van der Waals surface area contributed by atoms with Gasteiger partial charge in [-0.05, 0) is 23.9 Å². The maximum atomic E-state index is 5.57. The zero-order valence-corrected chi connectivity index (χ0v) is 16.8. The van der Waals surface area contributed by atoms with Crippen molar-refractivity contribution in [2.75, 3.05) is 0 Å². The largest absolute Gasteiger partial charge is 0.506 e. The van der Waals surface area contributed by atoms with Crippen LogP contribution in [-0.4, -0.2) is 9.97 Å². The summed E-state index contributed by atoms with van der Waals surface area (Å²) in [4.78, 5) is 8.52. The molecule has 0 spiro atoms. The molecule has 0 aliphatic carbocycles. The molecule has 2 aromatic heterocycles. The predicted molar refractivity (Wildman–Crippen MR) is 101 cm³/mol. The molecule has 1 aliphatic rings. The number of hydrogen-bond acceptors (Lipinski definition) is 3. The molecule has 5 rings (SSSR count). The smallest absolute Gasteiger partial charge is 0.103 e. The number of benzene rings is 2. The van der Waals surface area contributed by atoms with Crippen LogP contribution in [0.2, 0.25) is 0 Å². The summed E-state index contributed by atoms with van der Waals surface area (Å²) in [5, 5.41) is 0. The van der Waals surface area contributed by atoms with Crippen LogP contribution in [0.1, 0.15) is 5.56 Å². The van der Waals surface area contributed by atoms with Crippen molar-refractivity contribution in [1.82, 2.24) is 9.97 Å². The molecule has 4 aromatic rings. The Morgan fingerprint density at radius 3 is 2.44 bits per heavy atom. The van der Waals surface area contributed by atoms with Crippen molar-refractivity contribution >= 4 is 0 Å². The molecule has 1 aliphatic heterocycles. The molecule has 0 fully saturated rings. The van der Waals surface area contributed by atoms with Crippen LogP contribution in [-0.2, 0) is 26.7 Å². The van der Waals surface area contributed by atoms with Crippen LogP contribution >= 0.6 is 0 Å². The van der Waals surface area contributed by atoms with E-state index < -0.39 is 0 Å². The number of nitrogens with zero attached hydrogens (tertiary/aromatic N) is 2. The predicted octanol–water partition coefficient (Wildman–Crippen LogP) is 4.99. The first-order chi connectivity index (χ1) is 12.9. The first-order valence-corrected chi connectivity index (χ1v) is 8.38. The second-order valence-corrected chi connectivity index (χ2v) is 5.70. The fourth-order valence-corrected chi connectivity index (χ4v) is 2.74. The summed E-state index contributed by atoms with van der Waals surface area (Å²) in [7, 11) is 0. The number of fused-ring (bicyclic) bond motifs is 3. The number of ether oxygens (including phenoxy) is 1. The SMILES string of the molecule is [Ir].[c-]1cccc2c1-c1ncccc1OC2.[c-]1ccccc1-c1ccccn1. The monoisotopic (exact) mass is 529 g/mol. The van der Waals surface area contributed by atoms with Crippen LogP contribution < -0.4 is 4.74 Å². The molecule has 2 aromatic carbocycles. The van der Waals surface area contributed by atoms with Gasteiger partial charge in [0.1, 0.15) is 5.75 Å². The average Bonchev–Trinajstić information content (AvgIpc) is 2.75. The Morgan fingerprint density at radius 2 is 1.63 bits per heavy atom. The molecule has 135 valence electrons. The summed E-state index contributed by atoms with van der Waals surface area (Å²) in [6, 6.07) is 29.8. The summed E-state index contributed by atoms with van der Waals surface area (Å²) in [5.74, 6) is 0.849. The van der Waals surface area contributed by atoms with Gasteiger partial charge in [-0.2, -0.15) is 0 Å². The van der Waals surface area contributed by atoms with Gasteiger partial charge in [-0.3, -0.25) is 0 Å². The summed E-state index contributed by atoms with van der Waals surface area (Å²) < 4.78 is 5.57. The molecule has 0 atom stereocenters. The summed E-state index contributed by atoms with van der Waals surface area (Å²) >= 11 is 0. The quantitative estimate of drug-likeness (QED) is 0.327. The molecular formula is C23H16IrN2O-2. The van der Waals surface area contributed by atoms with Crippen LogP contribution in [0.25, 0.3) is 22.5 Å². The Labute approximate surface area is 172 Å². The summed E-state index contributed by atoms with van der Waals surface area (Å²) in [5.41, 5.74) is 5.12. The standard InChI is InChI=1S/C12H8NO.C11H8N.Ir/c1-2-5-10-9(4-1)8-14-11-6-3-7-13-12(10)11;1-2-6-10(7-3-1)11-8-4-5-9-12-11;/h1-4,6-7H,8H2;1-6,8-9H;/q2*-1;. The summed E-state index contributed by atoms with van der Waals surface area (Å²) in [6.45, 7) is 0.616. The van der Waals surface area contributed by atoms with E-state index in [0.29, 0.717) is 6.61 Å². The minimum Gasteiger partial charge on any atom is -0.506 e. The van der Waals surface area contributed by atoms with Gasteiger partial charge < -0.3 is 14.7 Å². The van der Waals surface area contributed by atoms with Crippen molar-refractivity contribution in [3.63, 3.8) is 0 Å². The second kappa shape index (κ2) is 9.22. The van der Waals surface area contributed by atoms with Crippen LogP contribution in [0.4, 0.5) is 0 Å². The van der Waals surface area contributed by atoms with Crippen molar-refractivity contribution in [3.8, 4) is 28.3 Å². The van der Waals surface area contributed by atoms with E-state index in [1.165, 1.54) is 0 Å². The molecule has 0 unspecified atom stereocenters. The number of pyridine rings is 2. The fourth-order valence-electron chi connectivity index (χ4n) is 2.74. The van der Waals surface area contributed by atoms with Crippen molar-refractivity contribution < 1.29 is 24.8 Å². The van der Waals surface area contributed by atoms with E-state index in [2.05, 4.69) is 22.1 Å². The van der Waals surface area contributed by atoms with Gasteiger partial charge in [-0.15, -0.1) is 65.7 Å². The Bertz CT molecular complexity index is 908. The number of aromatic nitrogens is 2. The van der Waals surface area contributed by atoms with Crippen LogP contribution in [0.15, 0.2) is 85.2 Å². The van der Waals surface area contributed by atoms with Gasteiger partial charge in [0, 0.05) is 38.2 Å². The molecule has 4 heteroatoms. The van der Waals surface area contributed by atoms with Gasteiger partial charge >= 0.3 is 0 Å². The molecule has 1 radical (unpaired) electrons. The second-order valence-electron chi connectivity index (χ2n) is 5.70. The maximum Gasteiger partial charge on any atom is 0.103 e. The van der Waals surface area contributed by atoms with Crippen LogP contribution in [0, 0.1) is 12.1 Å². The first-order valence-electron chi connectivity index (χ1n) is 8.38. The molecular weight excluding hydrogens is 512 g/mol. The third-order valence-electron chi connectivity index (χ3n) is 3.98. The van der Waals surface area contributed by atoms with E-state index >= 15 is 0 Å². The van der Waals surface area contributed by atoms with E-state index in [9.17, 15) is 0 Å². The van der Waals surface area contributed by atoms with Crippen LogP contribution in [0.5, 0.6) is 5.75 Å². The molecule has 0 bridgehead atoms. The maximum absolute atomic E-state index is 5.57. The number of hydrogen-bond donors (Lipinski definition) is 0. The van der Waals surface area contributed by atoms with Gasteiger partial charge in [0.15, 0.2) is 0 Å². The molecule has 0 N–H and O–H groups in total. The Balaban J connectivity index is 0.000000152. The van der Waals surface area contributed by atoms with E-state index in [0.717, 1.165) is 33.8 Å². The van der Waals surface area contributed by atoms with Gasteiger partial charge in [-0.25, -0.2) is 0 Å². The van der Waals surface area contributed by atoms with E-state index in [4.69, 9.17) is 4.74 Å². The van der Waals surface area contributed by atoms with Gasteiger partial charge in [0.05, 0.1) is 6.61 Å². The molecule has 27 heavy (non-hydrogen) atoms. The third kappa shape index (κ3) is 4.48. The Kier molecular flexibility index (Phi) is 6.48. The van der Waals surface area contributed by atoms with Gasteiger partial charge in [-0.1, -0.05) is 17.7 Å². The average molecular weight is 529 g/mol. The van der Waals surface area contributed by atoms with Crippen molar-refractivity contribution in [1.29, 1.82) is 0 Å². The van der Waals surface area contributed by atoms with Gasteiger partial charge in [0.2, 0.25) is 0 Å². The molecule has 0 saturated carbocycles. The van der Waals surface area contributed by atoms with Crippen molar-refractivity contribution in [2.45, 2.75) is 6.61 Å². The third-order valence-corrected chi connectivity index (χ3v) is 3.98. The fraction of sp³-hybridized carbons (Fsp3) is 0.0435. The van der Waals surface area contributed by atoms with Crippen molar-refractivity contribution in [2.24, 2.45) is 0 Å². The first kappa shape index (κ1) is 19.0. The molecule has 3 heterocycles. The Hall–Kier alpha value is -2.81. The van der Waals surface area contributed by atoms with Gasteiger partial charge in [0.25, 0.3) is 0 Å². The zero-order chi connectivity index (χ0) is 17.6. The number of rotatable bonds is 1. The molecule has 3 nitrogen and oxygen atoms in total. The van der Waals surface area contributed by atoms with E-state index in [1.807, 2.05) is 72.8 Å². The Morgan fingerprint density at radius 1 is 0.778 bits per heavy atom. The topological polar surface area (TPSA) is 35.0 Å². The van der Waals surface area contributed by atoms with E-state index in [1.54, 1.807) is 12.4 Å². The minimum atomic E-state index is 0. The van der Waals surface area contributed by atoms with E-state index in [-0.39, 0.29) is 20.1 Å². The minimum absolute atomic E-state index is 0. The molecule has 0 saturated heterocycles. The zero-order valence-electron chi connectivity index (χ0n) is 14.4. The van der Waals surface area contributed by atoms with Crippen molar-refractivity contribution in [3.05, 3.63) is 103 Å². The molecule has 0 amide bonds.